The quantitative estimate of drug-likeness (QED) is 0.673. The number of hydrogen-bond acceptors (Lipinski definition) is 3. The third kappa shape index (κ3) is 5.96. The van der Waals surface area contributed by atoms with Crippen molar-refractivity contribution in [2.45, 2.75) is 64.5 Å². The molecule has 1 heterocycles. The molecular weight excluding hydrogens is 348 g/mol. The van der Waals surface area contributed by atoms with Crippen LogP contribution >= 0.6 is 0 Å². The van der Waals surface area contributed by atoms with Crippen molar-refractivity contribution in [3.63, 3.8) is 0 Å². The van der Waals surface area contributed by atoms with Crippen LogP contribution in [0.3, 0.4) is 0 Å². The molecule has 1 aromatic carbocycles. The van der Waals surface area contributed by atoms with Gasteiger partial charge in [-0.25, -0.2) is 8.42 Å². The van der Waals surface area contributed by atoms with Gasteiger partial charge >= 0.3 is 0 Å². The summed E-state index contributed by atoms with van der Waals surface area (Å²) in [5, 5.41) is 10.5. The van der Waals surface area contributed by atoms with Crippen molar-refractivity contribution < 1.29 is 18.0 Å². The summed E-state index contributed by atoms with van der Waals surface area (Å²) in [6.45, 7) is 8.25. The lowest BCUT2D eigenvalue weighted by molar-refractivity contribution is -0.947. The Morgan fingerprint density at radius 2 is 1.92 bits per heavy atom. The van der Waals surface area contributed by atoms with Gasteiger partial charge in [0.05, 0.1) is 38.0 Å². The summed E-state index contributed by atoms with van der Waals surface area (Å²) in [6, 6.07) is 7.72. The molecule has 2 rings (SSSR count). The van der Waals surface area contributed by atoms with Crippen molar-refractivity contribution in [3.8, 4) is 0 Å². The van der Waals surface area contributed by atoms with E-state index in [9.17, 15) is 13.5 Å². The third-order valence-corrected chi connectivity index (χ3v) is 6.58. The van der Waals surface area contributed by atoms with E-state index in [0.717, 1.165) is 31.2 Å². The number of likely N-dealkylation sites (tertiary alicyclic amines) is 1. The minimum Gasteiger partial charge on any atom is -0.388 e. The highest BCUT2D eigenvalue weighted by molar-refractivity contribution is 7.92. The van der Waals surface area contributed by atoms with Crippen LogP contribution < -0.4 is 4.72 Å². The largest absolute Gasteiger partial charge is 0.388 e. The molecule has 0 bridgehead atoms. The number of hydrogen-bond donors (Lipinski definition) is 2. The van der Waals surface area contributed by atoms with Crippen LogP contribution in [0.25, 0.3) is 0 Å². The van der Waals surface area contributed by atoms with Crippen LogP contribution in [0.5, 0.6) is 0 Å². The highest BCUT2D eigenvalue weighted by Crippen LogP contribution is 2.27. The molecule has 3 atom stereocenters. The molecule has 3 unspecified atom stereocenters. The first kappa shape index (κ1) is 21.2. The second-order valence-corrected chi connectivity index (χ2v) is 9.58. The molecule has 2 N–H and O–H groups in total. The Hall–Kier alpha value is -1.11. The van der Waals surface area contributed by atoms with Gasteiger partial charge in [0, 0.05) is 5.69 Å². The van der Waals surface area contributed by atoms with Gasteiger partial charge in [-0.15, -0.1) is 0 Å². The summed E-state index contributed by atoms with van der Waals surface area (Å²) in [5.74, 6) is 0. The van der Waals surface area contributed by atoms with Crippen molar-refractivity contribution >= 4 is 15.7 Å². The van der Waals surface area contributed by atoms with Crippen molar-refractivity contribution in [3.05, 3.63) is 29.8 Å². The fourth-order valence-electron chi connectivity index (χ4n) is 4.25. The predicted octanol–water partition coefficient (Wildman–Crippen LogP) is 3.67. The minimum atomic E-state index is -3.27. The Balaban J connectivity index is 1.90. The fraction of sp³-hybridized carbons (Fsp3) is 0.700. The lowest BCUT2D eigenvalue weighted by atomic mass is 10.0. The van der Waals surface area contributed by atoms with Crippen LogP contribution in [-0.4, -0.2) is 49.9 Å². The first-order valence-corrected chi connectivity index (χ1v) is 11.8. The molecule has 0 saturated carbocycles. The molecule has 5 nitrogen and oxygen atoms in total. The number of benzene rings is 1. The highest BCUT2D eigenvalue weighted by Gasteiger charge is 2.33. The van der Waals surface area contributed by atoms with Crippen LogP contribution in [0.2, 0.25) is 0 Å². The molecule has 0 radical (unpaired) electrons. The SMILES string of the molecule is CC[N+]1(CCCC(O)c2ccc(NS(C)(=O)=O)cc2)CCCCCC1C. The van der Waals surface area contributed by atoms with E-state index in [-0.39, 0.29) is 0 Å². The molecule has 0 aliphatic carbocycles. The van der Waals surface area contributed by atoms with E-state index in [1.807, 2.05) is 0 Å². The number of rotatable bonds is 8. The fourth-order valence-corrected chi connectivity index (χ4v) is 4.82. The summed E-state index contributed by atoms with van der Waals surface area (Å²) in [4.78, 5) is 0. The second-order valence-electron chi connectivity index (χ2n) is 7.83. The van der Waals surface area contributed by atoms with Crippen LogP contribution in [0, 0.1) is 0 Å². The van der Waals surface area contributed by atoms with E-state index in [1.54, 1.807) is 24.3 Å². The van der Waals surface area contributed by atoms with Gasteiger partial charge in [-0.2, -0.15) is 0 Å². The molecule has 1 aromatic rings. The lowest BCUT2D eigenvalue weighted by Crippen LogP contribution is -2.54. The Labute approximate surface area is 159 Å². The van der Waals surface area contributed by atoms with Gasteiger partial charge in [0.25, 0.3) is 0 Å². The number of nitrogens with one attached hydrogen (secondary N) is 1. The van der Waals surface area contributed by atoms with Gasteiger partial charge in [-0.3, -0.25) is 4.72 Å². The standard InChI is InChI=1S/C20H35N2O3S/c1-4-22(15-7-5-6-9-17(22)2)16-8-10-20(23)18-11-13-19(14-12-18)21-26(3,24)25/h11-14,17,20-21,23H,4-10,15-16H2,1-3H3/q+1. The molecule has 26 heavy (non-hydrogen) atoms. The van der Waals surface area contributed by atoms with Crippen LogP contribution in [0.1, 0.15) is 64.0 Å². The number of quaternary nitrogens is 1. The van der Waals surface area contributed by atoms with Gasteiger partial charge in [0.1, 0.15) is 0 Å². The zero-order valence-electron chi connectivity index (χ0n) is 16.4. The number of sulfonamides is 1. The summed E-state index contributed by atoms with van der Waals surface area (Å²) < 4.78 is 26.1. The molecule has 0 spiro atoms. The second kappa shape index (κ2) is 9.20. The molecule has 1 fully saturated rings. The number of nitrogens with zero attached hydrogens (tertiary/aromatic N) is 1. The molecular formula is C20H35N2O3S+. The zero-order valence-corrected chi connectivity index (χ0v) is 17.3. The van der Waals surface area contributed by atoms with Crippen LogP contribution in [0.15, 0.2) is 24.3 Å². The van der Waals surface area contributed by atoms with E-state index in [1.165, 1.54) is 43.3 Å². The number of anilines is 1. The van der Waals surface area contributed by atoms with E-state index in [0.29, 0.717) is 11.7 Å². The first-order valence-electron chi connectivity index (χ1n) is 9.87. The van der Waals surface area contributed by atoms with Crippen molar-refractivity contribution in [2.24, 2.45) is 0 Å². The van der Waals surface area contributed by atoms with Crippen molar-refractivity contribution in [2.75, 3.05) is 30.6 Å². The third-order valence-electron chi connectivity index (χ3n) is 5.97. The average molecular weight is 384 g/mol. The Morgan fingerprint density at radius 3 is 2.54 bits per heavy atom. The Bertz CT molecular complexity index is 660. The van der Waals surface area contributed by atoms with Gasteiger partial charge in [-0.1, -0.05) is 12.1 Å². The highest BCUT2D eigenvalue weighted by atomic mass is 32.2. The molecule has 0 aromatic heterocycles. The summed E-state index contributed by atoms with van der Waals surface area (Å²) in [7, 11) is -3.27. The van der Waals surface area contributed by atoms with Gasteiger partial charge < -0.3 is 9.59 Å². The monoisotopic (exact) mass is 383 g/mol. The lowest BCUT2D eigenvalue weighted by Gasteiger charge is -2.42. The van der Waals surface area contributed by atoms with Gasteiger partial charge in [0.2, 0.25) is 10.0 Å². The molecule has 0 amide bonds. The normalized spacial score (nSPS) is 25.5. The van der Waals surface area contributed by atoms with Crippen LogP contribution in [0.4, 0.5) is 5.69 Å². The van der Waals surface area contributed by atoms with E-state index in [4.69, 9.17) is 0 Å². The van der Waals surface area contributed by atoms with E-state index in [2.05, 4.69) is 18.6 Å². The van der Waals surface area contributed by atoms with Gasteiger partial charge in [0.15, 0.2) is 0 Å². The molecule has 6 heteroatoms. The summed E-state index contributed by atoms with van der Waals surface area (Å²) in [6.07, 6.45) is 7.70. The Morgan fingerprint density at radius 1 is 1.23 bits per heavy atom. The molecule has 1 aliphatic rings. The first-order chi connectivity index (χ1) is 12.3. The maximum absolute atomic E-state index is 11.3. The maximum Gasteiger partial charge on any atom is 0.229 e. The molecule has 1 saturated heterocycles. The smallest absolute Gasteiger partial charge is 0.229 e. The molecule has 1 aliphatic heterocycles. The van der Waals surface area contributed by atoms with E-state index < -0.39 is 16.1 Å². The van der Waals surface area contributed by atoms with Gasteiger partial charge in [-0.05, 0) is 70.1 Å². The zero-order chi connectivity index (χ0) is 19.2. The average Bonchev–Trinajstić information content (AvgIpc) is 2.76. The maximum atomic E-state index is 11.3. The van der Waals surface area contributed by atoms with Crippen molar-refractivity contribution in [1.29, 1.82) is 0 Å². The summed E-state index contributed by atoms with van der Waals surface area (Å²) >= 11 is 0. The summed E-state index contributed by atoms with van der Waals surface area (Å²) in [5.41, 5.74) is 1.37. The van der Waals surface area contributed by atoms with Crippen molar-refractivity contribution in [1.82, 2.24) is 0 Å². The number of aliphatic hydroxyl groups is 1. The molecule has 148 valence electrons. The minimum absolute atomic E-state index is 0.499. The number of aliphatic hydroxyl groups excluding tert-OH is 1. The van der Waals surface area contributed by atoms with E-state index >= 15 is 0 Å². The topological polar surface area (TPSA) is 66.4 Å². The Kier molecular flexibility index (Phi) is 7.50. The van der Waals surface area contributed by atoms with Crippen LogP contribution in [-0.2, 0) is 10.0 Å². The predicted molar refractivity (Wildman–Crippen MR) is 108 cm³/mol.